The number of nitrogens with one attached hydrogen (secondary N) is 1. The monoisotopic (exact) mass is 464 g/mol. The number of halogens is 3. The molecule has 32 heavy (non-hydrogen) atoms. The molecule has 0 bridgehead atoms. The Balaban J connectivity index is 1.59. The van der Waals surface area contributed by atoms with Crippen molar-refractivity contribution in [3.05, 3.63) is 70.2 Å². The predicted molar refractivity (Wildman–Crippen MR) is 112 cm³/mol. The number of ether oxygens (including phenoxy) is 2. The van der Waals surface area contributed by atoms with E-state index in [4.69, 9.17) is 9.47 Å². The number of carbonyl (C=O) groups is 2. The van der Waals surface area contributed by atoms with E-state index in [2.05, 4.69) is 10.3 Å². The number of benzene rings is 2. The van der Waals surface area contributed by atoms with Crippen LogP contribution >= 0.6 is 11.3 Å². The van der Waals surface area contributed by atoms with E-state index in [9.17, 15) is 22.8 Å². The fraction of sp³-hybridized carbons (Fsp3) is 0.227. The molecule has 0 spiro atoms. The first-order valence-corrected chi connectivity index (χ1v) is 10.2. The highest BCUT2D eigenvalue weighted by Crippen LogP contribution is 2.33. The number of rotatable bonds is 7. The van der Waals surface area contributed by atoms with Gasteiger partial charge in [-0.15, -0.1) is 11.3 Å². The van der Waals surface area contributed by atoms with Crippen molar-refractivity contribution in [1.82, 2.24) is 10.3 Å². The molecule has 3 rings (SSSR count). The summed E-state index contributed by atoms with van der Waals surface area (Å²) in [6.07, 6.45) is -4.43. The molecule has 1 N–H and O–H groups in total. The highest BCUT2D eigenvalue weighted by molar-refractivity contribution is 7.17. The molecule has 10 heteroatoms. The van der Waals surface area contributed by atoms with E-state index in [1.54, 1.807) is 19.1 Å². The molecule has 168 valence electrons. The second-order valence-corrected chi connectivity index (χ2v) is 7.67. The standard InChI is InChI=1S/C22H19F3N2O4S/c1-13-19(32-20(27-13)14-7-9-16(10-8-14)22(23,24)25)21(29)31-12-18(28)26-11-15-5-3-4-6-17(15)30-2/h3-10H,11-12H2,1-2H3,(H,26,28). The van der Waals surface area contributed by atoms with Crippen molar-refractivity contribution in [3.8, 4) is 16.3 Å². The number of esters is 1. The number of para-hydroxylation sites is 1. The summed E-state index contributed by atoms with van der Waals surface area (Å²) in [6, 6.07) is 11.7. The molecule has 0 aliphatic heterocycles. The summed E-state index contributed by atoms with van der Waals surface area (Å²) in [4.78, 5) is 28.8. The molecule has 0 aliphatic carbocycles. The third kappa shape index (κ3) is 5.64. The van der Waals surface area contributed by atoms with Gasteiger partial charge in [-0.05, 0) is 25.1 Å². The number of alkyl halides is 3. The van der Waals surface area contributed by atoms with Crippen LogP contribution in [0.4, 0.5) is 13.2 Å². The number of amides is 1. The number of nitrogens with zero attached hydrogens (tertiary/aromatic N) is 1. The molecule has 0 atom stereocenters. The zero-order chi connectivity index (χ0) is 23.3. The first-order chi connectivity index (χ1) is 15.2. The third-order valence-electron chi connectivity index (χ3n) is 4.44. The molecule has 0 saturated carbocycles. The van der Waals surface area contributed by atoms with Crippen molar-refractivity contribution in [1.29, 1.82) is 0 Å². The van der Waals surface area contributed by atoms with Gasteiger partial charge in [0.1, 0.15) is 15.6 Å². The smallest absolute Gasteiger partial charge is 0.416 e. The van der Waals surface area contributed by atoms with Crippen LogP contribution in [0.15, 0.2) is 48.5 Å². The molecule has 0 radical (unpaired) electrons. The molecule has 1 aromatic heterocycles. The second kappa shape index (κ2) is 9.82. The summed E-state index contributed by atoms with van der Waals surface area (Å²) in [6.45, 7) is 1.31. The SMILES string of the molecule is COc1ccccc1CNC(=O)COC(=O)c1sc(-c2ccc(C(F)(F)F)cc2)nc1C. The number of hydrogen-bond acceptors (Lipinski definition) is 6. The van der Waals surface area contributed by atoms with Gasteiger partial charge < -0.3 is 14.8 Å². The summed E-state index contributed by atoms with van der Waals surface area (Å²) < 4.78 is 48.4. The van der Waals surface area contributed by atoms with E-state index >= 15 is 0 Å². The maximum absolute atomic E-state index is 12.7. The summed E-state index contributed by atoms with van der Waals surface area (Å²) in [5, 5.41) is 3.02. The Morgan fingerprint density at radius 3 is 2.44 bits per heavy atom. The van der Waals surface area contributed by atoms with Gasteiger partial charge in [0, 0.05) is 17.7 Å². The van der Waals surface area contributed by atoms with Crippen LogP contribution < -0.4 is 10.1 Å². The predicted octanol–water partition coefficient (Wildman–Crippen LogP) is 4.62. The molecule has 0 saturated heterocycles. The topological polar surface area (TPSA) is 77.5 Å². The summed E-state index contributed by atoms with van der Waals surface area (Å²) in [5.41, 5.74) is 0.812. The highest BCUT2D eigenvalue weighted by Gasteiger charge is 2.30. The summed E-state index contributed by atoms with van der Waals surface area (Å²) in [7, 11) is 1.53. The number of thiazole rings is 1. The Kier molecular flexibility index (Phi) is 7.14. The molecule has 6 nitrogen and oxygen atoms in total. The molecular weight excluding hydrogens is 445 g/mol. The number of methoxy groups -OCH3 is 1. The van der Waals surface area contributed by atoms with Crippen LogP contribution in [0.1, 0.15) is 26.5 Å². The van der Waals surface area contributed by atoms with E-state index in [1.165, 1.54) is 19.2 Å². The van der Waals surface area contributed by atoms with Gasteiger partial charge in [-0.2, -0.15) is 13.2 Å². The Labute approximate surface area is 186 Å². The average Bonchev–Trinajstić information content (AvgIpc) is 3.17. The average molecular weight is 464 g/mol. The zero-order valence-corrected chi connectivity index (χ0v) is 18.0. The van der Waals surface area contributed by atoms with E-state index in [0.717, 1.165) is 29.0 Å². The fourth-order valence-corrected chi connectivity index (χ4v) is 3.77. The van der Waals surface area contributed by atoms with Crippen LogP contribution in [0.25, 0.3) is 10.6 Å². The molecule has 2 aromatic carbocycles. The van der Waals surface area contributed by atoms with Gasteiger partial charge in [-0.3, -0.25) is 4.79 Å². The van der Waals surface area contributed by atoms with Crippen LogP contribution in [-0.4, -0.2) is 30.6 Å². The Hall–Kier alpha value is -3.40. The van der Waals surface area contributed by atoms with E-state index in [0.29, 0.717) is 22.0 Å². The lowest BCUT2D eigenvalue weighted by Gasteiger charge is -2.09. The van der Waals surface area contributed by atoms with Gasteiger partial charge in [0.2, 0.25) is 0 Å². The summed E-state index contributed by atoms with van der Waals surface area (Å²) >= 11 is 0.986. The van der Waals surface area contributed by atoms with Crippen LogP contribution in [0, 0.1) is 6.92 Å². The van der Waals surface area contributed by atoms with Crippen LogP contribution in [0.2, 0.25) is 0 Å². The Morgan fingerprint density at radius 1 is 1.09 bits per heavy atom. The van der Waals surface area contributed by atoms with Crippen molar-refractivity contribution < 1.29 is 32.2 Å². The van der Waals surface area contributed by atoms with Gasteiger partial charge in [0.15, 0.2) is 6.61 Å². The van der Waals surface area contributed by atoms with Gasteiger partial charge in [0.05, 0.1) is 18.4 Å². The lowest BCUT2D eigenvalue weighted by atomic mass is 10.1. The van der Waals surface area contributed by atoms with E-state index in [1.807, 2.05) is 12.1 Å². The van der Waals surface area contributed by atoms with E-state index in [-0.39, 0.29) is 11.4 Å². The molecule has 1 heterocycles. The third-order valence-corrected chi connectivity index (χ3v) is 5.63. The highest BCUT2D eigenvalue weighted by atomic mass is 32.1. The van der Waals surface area contributed by atoms with Crippen LogP contribution in [0.3, 0.4) is 0 Å². The summed E-state index contributed by atoms with van der Waals surface area (Å²) in [5.74, 6) is -0.596. The van der Waals surface area contributed by atoms with E-state index < -0.39 is 30.2 Å². The number of carbonyl (C=O) groups excluding carboxylic acids is 2. The zero-order valence-electron chi connectivity index (χ0n) is 17.2. The van der Waals surface area contributed by atoms with Crippen molar-refractivity contribution >= 4 is 23.2 Å². The largest absolute Gasteiger partial charge is 0.496 e. The minimum absolute atomic E-state index is 0.178. The maximum atomic E-state index is 12.7. The van der Waals surface area contributed by atoms with Crippen LogP contribution in [-0.2, 0) is 22.3 Å². The van der Waals surface area contributed by atoms with Gasteiger partial charge in [-0.1, -0.05) is 30.3 Å². The lowest BCUT2D eigenvalue weighted by molar-refractivity contribution is -0.137. The molecule has 1 amide bonds. The second-order valence-electron chi connectivity index (χ2n) is 6.67. The lowest BCUT2D eigenvalue weighted by Crippen LogP contribution is -2.28. The minimum atomic E-state index is -4.43. The number of aromatic nitrogens is 1. The first-order valence-electron chi connectivity index (χ1n) is 9.40. The molecule has 0 unspecified atom stereocenters. The van der Waals surface area contributed by atoms with Gasteiger partial charge in [-0.25, -0.2) is 9.78 Å². The molecule has 0 aliphatic rings. The molecule has 0 fully saturated rings. The van der Waals surface area contributed by atoms with Crippen molar-refractivity contribution in [2.24, 2.45) is 0 Å². The van der Waals surface area contributed by atoms with Crippen molar-refractivity contribution in [2.45, 2.75) is 19.6 Å². The number of aryl methyl sites for hydroxylation is 1. The maximum Gasteiger partial charge on any atom is 0.416 e. The minimum Gasteiger partial charge on any atom is -0.496 e. The van der Waals surface area contributed by atoms with Gasteiger partial charge >= 0.3 is 12.1 Å². The normalized spacial score (nSPS) is 11.2. The first kappa shape index (κ1) is 23.3. The fourth-order valence-electron chi connectivity index (χ4n) is 2.80. The van der Waals surface area contributed by atoms with Crippen molar-refractivity contribution in [2.75, 3.05) is 13.7 Å². The van der Waals surface area contributed by atoms with Gasteiger partial charge in [0.25, 0.3) is 5.91 Å². The van der Waals surface area contributed by atoms with Crippen LogP contribution in [0.5, 0.6) is 5.75 Å². The number of hydrogen-bond donors (Lipinski definition) is 1. The van der Waals surface area contributed by atoms with Crippen molar-refractivity contribution in [3.63, 3.8) is 0 Å². The Morgan fingerprint density at radius 2 is 1.78 bits per heavy atom. The molecular formula is C22H19F3N2O4S. The molecule has 3 aromatic rings. The quantitative estimate of drug-likeness (QED) is 0.517. The Bertz CT molecular complexity index is 1110.